The van der Waals surface area contributed by atoms with Crippen LogP contribution in [0.5, 0.6) is 0 Å². The first-order chi connectivity index (χ1) is 12.8. The molecular weight excluding hydrogens is 362 g/mol. The highest BCUT2D eigenvalue weighted by Gasteiger charge is 2.29. The molecule has 1 aliphatic heterocycles. The fourth-order valence-electron chi connectivity index (χ4n) is 3.42. The molecule has 7 heteroatoms. The third-order valence-electron chi connectivity index (χ3n) is 4.93. The molecule has 0 bridgehead atoms. The molecule has 1 amide bonds. The van der Waals surface area contributed by atoms with Crippen molar-refractivity contribution in [1.29, 1.82) is 0 Å². The Morgan fingerprint density at radius 2 is 2.00 bits per heavy atom. The van der Waals surface area contributed by atoms with Crippen LogP contribution in [0.3, 0.4) is 0 Å². The quantitative estimate of drug-likeness (QED) is 0.825. The molecule has 1 saturated heterocycles. The molecule has 0 radical (unpaired) electrons. The number of likely N-dealkylation sites (tertiary alicyclic amines) is 1. The smallest absolute Gasteiger partial charge is 0.261 e. The summed E-state index contributed by atoms with van der Waals surface area (Å²) < 4.78 is 28.1. The van der Waals surface area contributed by atoms with Crippen LogP contribution in [0.2, 0.25) is 0 Å². The zero-order valence-corrected chi connectivity index (χ0v) is 16.4. The lowest BCUT2D eigenvalue weighted by atomic mass is 10.1. The van der Waals surface area contributed by atoms with Gasteiger partial charge >= 0.3 is 0 Å². The van der Waals surface area contributed by atoms with Crippen molar-refractivity contribution in [2.45, 2.75) is 37.6 Å². The number of nitrogens with two attached hydrogens (primary N) is 1. The van der Waals surface area contributed by atoms with Crippen LogP contribution in [0.15, 0.2) is 47.4 Å². The number of carbonyl (C=O) groups is 1. The Labute approximate surface area is 160 Å². The van der Waals surface area contributed by atoms with Gasteiger partial charge in [-0.15, -0.1) is 0 Å². The number of sulfonamides is 1. The number of carbonyl (C=O) groups excluding carboxylic acids is 1. The van der Waals surface area contributed by atoms with Gasteiger partial charge in [-0.25, -0.2) is 8.42 Å². The topological polar surface area (TPSA) is 92.5 Å². The number of hydrogen-bond donors (Lipinski definition) is 2. The summed E-state index contributed by atoms with van der Waals surface area (Å²) in [6.45, 7) is 4.77. The summed E-state index contributed by atoms with van der Waals surface area (Å²) in [5.74, 6) is -0.159. The van der Waals surface area contributed by atoms with Crippen LogP contribution < -0.4 is 10.5 Å². The summed E-state index contributed by atoms with van der Waals surface area (Å²) >= 11 is 0. The van der Waals surface area contributed by atoms with Gasteiger partial charge in [0, 0.05) is 30.4 Å². The summed E-state index contributed by atoms with van der Waals surface area (Å²) in [6.07, 6.45) is 1.80. The lowest BCUT2D eigenvalue weighted by Crippen LogP contribution is -2.40. The molecule has 0 aliphatic carbocycles. The highest BCUT2D eigenvalue weighted by atomic mass is 32.2. The van der Waals surface area contributed by atoms with Gasteiger partial charge in [-0.3, -0.25) is 9.52 Å². The number of benzene rings is 2. The van der Waals surface area contributed by atoms with Gasteiger partial charge in [0.2, 0.25) is 0 Å². The molecular formula is C20H25N3O3S. The van der Waals surface area contributed by atoms with Gasteiger partial charge in [-0.1, -0.05) is 18.2 Å². The first-order valence-electron chi connectivity index (χ1n) is 9.03. The van der Waals surface area contributed by atoms with Crippen molar-refractivity contribution in [2.75, 3.05) is 17.8 Å². The van der Waals surface area contributed by atoms with Gasteiger partial charge in [-0.2, -0.15) is 0 Å². The van der Waals surface area contributed by atoms with E-state index in [1.807, 2.05) is 19.9 Å². The summed E-state index contributed by atoms with van der Waals surface area (Å²) in [4.78, 5) is 14.8. The minimum Gasteiger partial charge on any atom is -0.334 e. The van der Waals surface area contributed by atoms with Crippen LogP contribution in [0.4, 0.5) is 5.69 Å². The number of rotatable bonds is 5. The summed E-state index contributed by atoms with van der Waals surface area (Å²) in [7, 11) is -3.79. The van der Waals surface area contributed by atoms with E-state index in [0.717, 1.165) is 24.0 Å². The number of nitrogens with one attached hydrogen (secondary N) is 1. The van der Waals surface area contributed by atoms with E-state index in [2.05, 4.69) is 4.72 Å². The Bertz CT molecular complexity index is 957. The standard InChI is InChI=1S/C20H25N3O3S/c1-14-5-3-6-16(11-14)22-27(25,26)18-9-8-15(2)19(12-18)20(24)23-10-4-7-17(23)13-21/h3,5-6,8-9,11-12,17,22H,4,7,10,13,21H2,1-2H3. The van der Waals surface area contributed by atoms with E-state index in [1.165, 1.54) is 12.1 Å². The van der Waals surface area contributed by atoms with Gasteiger partial charge in [0.25, 0.3) is 15.9 Å². The molecule has 2 aromatic carbocycles. The van der Waals surface area contributed by atoms with E-state index in [0.29, 0.717) is 24.3 Å². The van der Waals surface area contributed by atoms with E-state index < -0.39 is 10.0 Å². The van der Waals surface area contributed by atoms with Gasteiger partial charge in [0.1, 0.15) is 0 Å². The van der Waals surface area contributed by atoms with Crippen LogP contribution >= 0.6 is 0 Å². The Balaban J connectivity index is 1.91. The van der Waals surface area contributed by atoms with E-state index in [9.17, 15) is 13.2 Å². The first kappa shape index (κ1) is 19.4. The van der Waals surface area contributed by atoms with Crippen LogP contribution in [0.1, 0.15) is 34.3 Å². The molecule has 3 rings (SSSR count). The third-order valence-corrected chi connectivity index (χ3v) is 6.31. The normalized spacial score (nSPS) is 17.1. The van der Waals surface area contributed by atoms with Crippen molar-refractivity contribution in [1.82, 2.24) is 4.90 Å². The molecule has 0 spiro atoms. The minimum absolute atomic E-state index is 0.0163. The van der Waals surface area contributed by atoms with Gasteiger partial charge in [0.05, 0.1) is 4.90 Å². The average molecular weight is 388 g/mol. The molecule has 2 aromatic rings. The highest BCUT2D eigenvalue weighted by molar-refractivity contribution is 7.92. The van der Waals surface area contributed by atoms with Crippen LogP contribution in [0, 0.1) is 13.8 Å². The lowest BCUT2D eigenvalue weighted by molar-refractivity contribution is 0.0740. The summed E-state index contributed by atoms with van der Waals surface area (Å²) in [5, 5.41) is 0. The Morgan fingerprint density at radius 3 is 2.70 bits per heavy atom. The maximum Gasteiger partial charge on any atom is 0.261 e. The van der Waals surface area contributed by atoms with Gasteiger partial charge in [0.15, 0.2) is 0 Å². The molecule has 0 aromatic heterocycles. The molecule has 1 heterocycles. The Morgan fingerprint density at radius 1 is 1.22 bits per heavy atom. The second kappa shape index (κ2) is 7.70. The largest absolute Gasteiger partial charge is 0.334 e. The first-order valence-corrected chi connectivity index (χ1v) is 10.5. The predicted octanol–water partition coefficient (Wildman–Crippen LogP) is 2.67. The molecule has 6 nitrogen and oxygen atoms in total. The molecule has 0 saturated carbocycles. The van der Waals surface area contributed by atoms with Crippen LogP contribution in [0.25, 0.3) is 0 Å². The van der Waals surface area contributed by atoms with E-state index in [1.54, 1.807) is 29.2 Å². The fourth-order valence-corrected chi connectivity index (χ4v) is 4.50. The van der Waals surface area contributed by atoms with Gasteiger partial charge in [-0.05, 0) is 62.1 Å². The number of anilines is 1. The summed E-state index contributed by atoms with van der Waals surface area (Å²) in [6, 6.07) is 11.8. The Hall–Kier alpha value is -2.38. The molecule has 1 fully saturated rings. The van der Waals surface area contributed by atoms with Crippen molar-refractivity contribution < 1.29 is 13.2 Å². The van der Waals surface area contributed by atoms with E-state index >= 15 is 0 Å². The average Bonchev–Trinajstić information content (AvgIpc) is 3.09. The van der Waals surface area contributed by atoms with Crippen molar-refractivity contribution in [3.63, 3.8) is 0 Å². The van der Waals surface area contributed by atoms with Crippen LogP contribution in [-0.4, -0.2) is 38.4 Å². The van der Waals surface area contributed by atoms with Crippen molar-refractivity contribution in [2.24, 2.45) is 5.73 Å². The predicted molar refractivity (Wildman–Crippen MR) is 106 cm³/mol. The van der Waals surface area contributed by atoms with E-state index in [-0.39, 0.29) is 16.8 Å². The molecule has 144 valence electrons. The SMILES string of the molecule is Cc1cccc(NS(=O)(=O)c2ccc(C)c(C(=O)N3CCCC3CN)c2)c1. The van der Waals surface area contributed by atoms with Crippen LogP contribution in [-0.2, 0) is 10.0 Å². The van der Waals surface area contributed by atoms with Crippen molar-refractivity contribution in [3.8, 4) is 0 Å². The highest BCUT2D eigenvalue weighted by Crippen LogP contribution is 2.24. The lowest BCUT2D eigenvalue weighted by Gasteiger charge is -2.24. The van der Waals surface area contributed by atoms with Gasteiger partial charge < -0.3 is 10.6 Å². The van der Waals surface area contributed by atoms with Crippen molar-refractivity contribution >= 4 is 21.6 Å². The molecule has 1 atom stereocenters. The number of nitrogens with zero attached hydrogens (tertiary/aromatic N) is 1. The number of aryl methyl sites for hydroxylation is 2. The second-order valence-electron chi connectivity index (χ2n) is 6.98. The Kier molecular flexibility index (Phi) is 5.53. The zero-order valence-electron chi connectivity index (χ0n) is 15.6. The minimum atomic E-state index is -3.79. The van der Waals surface area contributed by atoms with E-state index in [4.69, 9.17) is 5.73 Å². The number of hydrogen-bond acceptors (Lipinski definition) is 4. The second-order valence-corrected chi connectivity index (χ2v) is 8.66. The monoisotopic (exact) mass is 387 g/mol. The maximum absolute atomic E-state index is 13.0. The molecule has 1 unspecified atom stereocenters. The van der Waals surface area contributed by atoms with Crippen molar-refractivity contribution in [3.05, 3.63) is 59.2 Å². The summed E-state index contributed by atoms with van der Waals surface area (Å²) in [5.41, 5.74) is 8.38. The number of amides is 1. The molecule has 3 N–H and O–H groups in total. The molecule has 27 heavy (non-hydrogen) atoms. The third kappa shape index (κ3) is 4.14. The maximum atomic E-state index is 13.0. The fraction of sp³-hybridized carbons (Fsp3) is 0.350. The molecule has 1 aliphatic rings. The zero-order chi connectivity index (χ0) is 19.6.